The standard InChI is InChI=1S/C20H17N3O2S.ClH/c1-21(2)9-10-22-19(24)15-5-3-4-12-13-6-7-16-14(8-11-26-16)17(13)23(18(12)15)20(22)25;/h3-8,11H,9-10H2,1-2H3;1H. The molecular weight excluding hydrogens is 382 g/mol. The van der Waals surface area contributed by atoms with Gasteiger partial charge in [0.2, 0.25) is 0 Å². The molecule has 0 fully saturated rings. The molecule has 138 valence electrons. The molecule has 0 unspecified atom stereocenters. The van der Waals surface area contributed by atoms with Crippen LogP contribution in [-0.4, -0.2) is 34.5 Å². The molecule has 7 heteroatoms. The zero-order valence-electron chi connectivity index (χ0n) is 14.9. The van der Waals surface area contributed by atoms with Crippen molar-refractivity contribution >= 4 is 61.0 Å². The first kappa shape index (κ1) is 18.0. The molecule has 5 aromatic rings. The number of halogens is 1. The molecule has 0 aliphatic rings. The largest absolute Gasteiger partial charge is 0.336 e. The highest BCUT2D eigenvalue weighted by Crippen LogP contribution is 2.35. The number of benzene rings is 2. The Labute approximate surface area is 164 Å². The molecule has 0 saturated carbocycles. The predicted molar refractivity (Wildman–Crippen MR) is 115 cm³/mol. The molecule has 0 spiro atoms. The zero-order valence-corrected chi connectivity index (χ0v) is 16.6. The van der Waals surface area contributed by atoms with Crippen LogP contribution in [0.1, 0.15) is 0 Å². The van der Waals surface area contributed by atoms with Gasteiger partial charge in [-0.1, -0.05) is 18.2 Å². The molecule has 5 nitrogen and oxygen atoms in total. The number of hydrogen-bond donors (Lipinski definition) is 0. The maximum Gasteiger partial charge on any atom is 0.336 e. The molecule has 2 aromatic carbocycles. The molecule has 27 heavy (non-hydrogen) atoms. The van der Waals surface area contributed by atoms with Gasteiger partial charge in [0.25, 0.3) is 5.56 Å². The summed E-state index contributed by atoms with van der Waals surface area (Å²) in [7, 11) is 3.87. The van der Waals surface area contributed by atoms with Gasteiger partial charge in [-0.3, -0.25) is 13.8 Å². The molecule has 0 N–H and O–H groups in total. The van der Waals surface area contributed by atoms with Crippen LogP contribution in [0, 0.1) is 0 Å². The highest BCUT2D eigenvalue weighted by atomic mass is 35.5. The molecule has 0 bridgehead atoms. The predicted octanol–water partition coefficient (Wildman–Crippen LogP) is 3.40. The van der Waals surface area contributed by atoms with Crippen molar-refractivity contribution in [1.29, 1.82) is 0 Å². The van der Waals surface area contributed by atoms with Gasteiger partial charge >= 0.3 is 5.69 Å². The van der Waals surface area contributed by atoms with Gasteiger partial charge in [-0.15, -0.1) is 23.7 Å². The Hall–Kier alpha value is -2.41. The zero-order chi connectivity index (χ0) is 18.0. The van der Waals surface area contributed by atoms with Gasteiger partial charge in [0.05, 0.1) is 16.4 Å². The first-order valence-electron chi connectivity index (χ1n) is 8.52. The second-order valence-electron chi connectivity index (χ2n) is 6.87. The van der Waals surface area contributed by atoms with Gasteiger partial charge < -0.3 is 4.90 Å². The molecule has 3 heterocycles. The Morgan fingerprint density at radius 2 is 1.63 bits per heavy atom. The van der Waals surface area contributed by atoms with Gasteiger partial charge in [0, 0.05) is 33.9 Å². The van der Waals surface area contributed by atoms with E-state index in [0.29, 0.717) is 18.5 Å². The van der Waals surface area contributed by atoms with E-state index in [9.17, 15) is 9.59 Å². The normalized spacial score (nSPS) is 12.0. The number of rotatable bonds is 3. The quantitative estimate of drug-likeness (QED) is 0.467. The van der Waals surface area contributed by atoms with Crippen LogP contribution in [0.4, 0.5) is 0 Å². The summed E-state index contributed by atoms with van der Waals surface area (Å²) < 4.78 is 4.25. The molecule has 0 saturated heterocycles. The van der Waals surface area contributed by atoms with Gasteiger partial charge in [-0.25, -0.2) is 4.79 Å². The Kier molecular flexibility index (Phi) is 4.22. The van der Waals surface area contributed by atoms with E-state index in [4.69, 9.17) is 0 Å². The molecule has 0 atom stereocenters. The van der Waals surface area contributed by atoms with Crippen molar-refractivity contribution in [3.05, 3.63) is 62.6 Å². The maximum atomic E-state index is 13.3. The van der Waals surface area contributed by atoms with Crippen molar-refractivity contribution in [2.24, 2.45) is 0 Å². The fourth-order valence-corrected chi connectivity index (χ4v) is 4.60. The summed E-state index contributed by atoms with van der Waals surface area (Å²) in [6, 6.07) is 11.9. The lowest BCUT2D eigenvalue weighted by atomic mass is 10.1. The lowest BCUT2D eigenvalue weighted by molar-refractivity contribution is 0.376. The Balaban J connectivity index is 0.00000180. The summed E-state index contributed by atoms with van der Waals surface area (Å²) >= 11 is 1.66. The van der Waals surface area contributed by atoms with Crippen LogP contribution in [0.25, 0.3) is 37.3 Å². The second-order valence-corrected chi connectivity index (χ2v) is 7.82. The molecule has 0 radical (unpaired) electrons. The SMILES string of the molecule is CN(C)CCn1c(=O)c2cccc3c4ccc5sccc5c4n(c1=O)c23.Cl. The van der Waals surface area contributed by atoms with E-state index in [-0.39, 0.29) is 23.7 Å². The van der Waals surface area contributed by atoms with E-state index in [1.165, 1.54) is 4.57 Å². The first-order valence-corrected chi connectivity index (χ1v) is 9.40. The minimum absolute atomic E-state index is 0. The number of para-hydroxylation sites is 1. The van der Waals surface area contributed by atoms with Crippen LogP contribution in [0.15, 0.2) is 51.4 Å². The van der Waals surface area contributed by atoms with Gasteiger partial charge in [-0.2, -0.15) is 0 Å². The monoisotopic (exact) mass is 399 g/mol. The molecule has 3 aromatic heterocycles. The van der Waals surface area contributed by atoms with E-state index in [0.717, 1.165) is 31.9 Å². The average Bonchev–Trinajstić information content (AvgIpc) is 3.22. The van der Waals surface area contributed by atoms with Gasteiger partial charge in [-0.05, 0) is 37.7 Å². The van der Waals surface area contributed by atoms with Crippen LogP contribution in [0.2, 0.25) is 0 Å². The Morgan fingerprint density at radius 1 is 0.926 bits per heavy atom. The summed E-state index contributed by atoms with van der Waals surface area (Å²) in [5.74, 6) is 0. The Morgan fingerprint density at radius 3 is 2.41 bits per heavy atom. The van der Waals surface area contributed by atoms with Crippen molar-refractivity contribution in [1.82, 2.24) is 13.9 Å². The molecule has 0 aliphatic carbocycles. The lowest BCUT2D eigenvalue weighted by Crippen LogP contribution is -2.39. The van der Waals surface area contributed by atoms with E-state index in [2.05, 4.69) is 18.2 Å². The third kappa shape index (κ3) is 2.41. The number of likely N-dealkylation sites (N-methyl/N-ethyl adjacent to an activating group) is 1. The average molecular weight is 400 g/mol. The second kappa shape index (κ2) is 6.34. The van der Waals surface area contributed by atoms with Crippen LogP contribution in [-0.2, 0) is 6.54 Å². The van der Waals surface area contributed by atoms with E-state index < -0.39 is 0 Å². The van der Waals surface area contributed by atoms with Crippen molar-refractivity contribution in [2.45, 2.75) is 6.54 Å². The van der Waals surface area contributed by atoms with Crippen molar-refractivity contribution < 1.29 is 0 Å². The molecular formula is C20H18ClN3O2S. The highest BCUT2D eigenvalue weighted by molar-refractivity contribution is 7.17. The van der Waals surface area contributed by atoms with Crippen molar-refractivity contribution in [3.63, 3.8) is 0 Å². The summed E-state index contributed by atoms with van der Waals surface area (Å²) in [6.45, 7) is 1.01. The number of fused-ring (bicyclic) bond motifs is 5. The van der Waals surface area contributed by atoms with E-state index in [1.807, 2.05) is 42.6 Å². The topological polar surface area (TPSA) is 46.7 Å². The molecule has 0 amide bonds. The Bertz CT molecular complexity index is 1410. The van der Waals surface area contributed by atoms with E-state index >= 15 is 0 Å². The third-order valence-electron chi connectivity index (χ3n) is 5.05. The summed E-state index contributed by atoms with van der Waals surface area (Å²) in [6.07, 6.45) is 0. The first-order chi connectivity index (χ1) is 12.6. The van der Waals surface area contributed by atoms with Crippen LogP contribution >= 0.6 is 23.7 Å². The number of hydrogen-bond acceptors (Lipinski definition) is 4. The van der Waals surface area contributed by atoms with Crippen molar-refractivity contribution in [2.75, 3.05) is 20.6 Å². The minimum atomic E-state index is -0.255. The summed E-state index contributed by atoms with van der Waals surface area (Å²) in [5, 5.41) is 5.67. The highest BCUT2D eigenvalue weighted by Gasteiger charge is 2.20. The van der Waals surface area contributed by atoms with Crippen LogP contribution in [0.5, 0.6) is 0 Å². The summed E-state index contributed by atoms with van der Waals surface area (Å²) in [4.78, 5) is 28.3. The number of aromatic nitrogens is 2. The molecule has 0 aliphatic heterocycles. The third-order valence-corrected chi connectivity index (χ3v) is 5.93. The maximum absolute atomic E-state index is 13.3. The van der Waals surface area contributed by atoms with Gasteiger partial charge in [0.15, 0.2) is 0 Å². The number of thiophene rings is 1. The fraction of sp³-hybridized carbons (Fsp3) is 0.200. The van der Waals surface area contributed by atoms with E-state index in [1.54, 1.807) is 15.7 Å². The minimum Gasteiger partial charge on any atom is -0.308 e. The smallest absolute Gasteiger partial charge is 0.308 e. The summed E-state index contributed by atoms with van der Waals surface area (Å²) in [5.41, 5.74) is 1.17. The van der Waals surface area contributed by atoms with Gasteiger partial charge in [0.1, 0.15) is 0 Å². The number of nitrogens with zero attached hydrogens (tertiary/aromatic N) is 3. The van der Waals surface area contributed by atoms with Crippen LogP contribution in [0.3, 0.4) is 0 Å². The molecule has 5 rings (SSSR count). The lowest BCUT2D eigenvalue weighted by Gasteiger charge is -2.12. The van der Waals surface area contributed by atoms with Crippen LogP contribution < -0.4 is 11.2 Å². The van der Waals surface area contributed by atoms with Crippen molar-refractivity contribution in [3.8, 4) is 0 Å². The fourth-order valence-electron chi connectivity index (χ4n) is 3.81.